The Morgan fingerprint density at radius 1 is 1.30 bits per heavy atom. The van der Waals surface area contributed by atoms with Gasteiger partial charge in [-0.3, -0.25) is 0 Å². The van der Waals surface area contributed by atoms with Gasteiger partial charge < -0.3 is 20.6 Å². The van der Waals surface area contributed by atoms with Gasteiger partial charge in [-0.25, -0.2) is 19.7 Å². The largest absolute Gasteiger partial charge is 0.496 e. The van der Waals surface area contributed by atoms with Crippen LogP contribution >= 0.6 is 0 Å². The first-order chi connectivity index (χ1) is 11.1. The summed E-state index contributed by atoms with van der Waals surface area (Å²) in [5, 5.41) is 8.41. The number of imidazole rings is 1. The molecule has 0 amide bonds. The van der Waals surface area contributed by atoms with Crippen molar-refractivity contribution >= 4 is 29.0 Å². The van der Waals surface area contributed by atoms with Crippen LogP contribution in [-0.4, -0.2) is 38.1 Å². The van der Waals surface area contributed by atoms with Crippen molar-refractivity contribution in [3.8, 4) is 5.75 Å². The molecule has 0 saturated carbocycles. The highest BCUT2D eigenvalue weighted by molar-refractivity contribution is 5.85. The number of ether oxygens (including phenoxy) is 1. The third-order valence-electron chi connectivity index (χ3n) is 2.80. The number of rotatable bonds is 3. The summed E-state index contributed by atoms with van der Waals surface area (Å²) in [4.78, 5) is 24.6. The number of aromatic nitrogens is 4. The van der Waals surface area contributed by atoms with Gasteiger partial charge in [-0.2, -0.15) is 0 Å². The lowest BCUT2D eigenvalue weighted by Gasteiger charge is -2.02. The average Bonchev–Trinajstić information content (AvgIpc) is 3.04. The second kappa shape index (κ2) is 7.55. The number of methoxy groups -OCH3 is 1. The van der Waals surface area contributed by atoms with Crippen molar-refractivity contribution in [1.29, 1.82) is 0 Å². The van der Waals surface area contributed by atoms with Crippen LogP contribution in [0.1, 0.15) is 5.56 Å². The Bertz CT molecular complexity index is 829. The first-order valence-electron chi connectivity index (χ1n) is 6.55. The zero-order valence-electron chi connectivity index (χ0n) is 12.3. The van der Waals surface area contributed by atoms with Crippen LogP contribution in [0.5, 0.6) is 5.75 Å². The summed E-state index contributed by atoms with van der Waals surface area (Å²) in [5.41, 5.74) is 7.54. The van der Waals surface area contributed by atoms with E-state index in [0.29, 0.717) is 22.7 Å². The average molecular weight is 313 g/mol. The van der Waals surface area contributed by atoms with Gasteiger partial charge in [0.05, 0.1) is 13.4 Å². The lowest BCUT2D eigenvalue weighted by Crippen LogP contribution is -1.91. The third-order valence-corrected chi connectivity index (χ3v) is 2.80. The Hall–Kier alpha value is -3.42. The van der Waals surface area contributed by atoms with Gasteiger partial charge in [0.25, 0.3) is 0 Å². The molecular formula is C15H15N5O3. The molecule has 0 aliphatic heterocycles. The number of para-hydroxylation sites is 1. The number of nitrogen functional groups attached to an aromatic ring is 1. The van der Waals surface area contributed by atoms with E-state index < -0.39 is 5.97 Å². The molecule has 2 aromatic heterocycles. The number of carboxylic acids is 1. The van der Waals surface area contributed by atoms with Crippen LogP contribution in [-0.2, 0) is 4.79 Å². The highest BCUT2D eigenvalue weighted by atomic mass is 16.5. The zero-order valence-corrected chi connectivity index (χ0v) is 12.3. The van der Waals surface area contributed by atoms with Crippen molar-refractivity contribution in [3.05, 3.63) is 48.6 Å². The van der Waals surface area contributed by atoms with Crippen LogP contribution in [0.25, 0.3) is 17.2 Å². The lowest BCUT2D eigenvalue weighted by molar-refractivity contribution is -0.131. The van der Waals surface area contributed by atoms with Gasteiger partial charge >= 0.3 is 5.97 Å². The van der Waals surface area contributed by atoms with E-state index in [1.807, 2.05) is 12.1 Å². The SMILES string of the molecule is COc1ccccc1C=CC(=O)O.Nc1ncnc2nc[nH]c12. The molecule has 8 heteroatoms. The maximum Gasteiger partial charge on any atom is 0.328 e. The van der Waals surface area contributed by atoms with E-state index in [-0.39, 0.29) is 0 Å². The Morgan fingerprint density at radius 3 is 2.78 bits per heavy atom. The van der Waals surface area contributed by atoms with Gasteiger partial charge in [0.15, 0.2) is 11.5 Å². The molecule has 0 fully saturated rings. The Balaban J connectivity index is 0.000000172. The minimum atomic E-state index is -0.967. The van der Waals surface area contributed by atoms with Crippen LogP contribution in [0.4, 0.5) is 5.82 Å². The monoisotopic (exact) mass is 313 g/mol. The van der Waals surface area contributed by atoms with E-state index in [1.165, 1.54) is 18.7 Å². The van der Waals surface area contributed by atoms with Crippen molar-refractivity contribution in [2.45, 2.75) is 0 Å². The number of nitrogens with two attached hydrogens (primary N) is 1. The number of fused-ring (bicyclic) bond motifs is 1. The number of aromatic amines is 1. The summed E-state index contributed by atoms with van der Waals surface area (Å²) in [6.07, 6.45) is 5.51. The summed E-state index contributed by atoms with van der Waals surface area (Å²) in [5.74, 6) is 0.133. The fourth-order valence-electron chi connectivity index (χ4n) is 1.75. The van der Waals surface area contributed by atoms with Gasteiger partial charge in [0.1, 0.15) is 17.6 Å². The van der Waals surface area contributed by atoms with E-state index in [1.54, 1.807) is 19.2 Å². The second-order valence-corrected chi connectivity index (χ2v) is 4.27. The van der Waals surface area contributed by atoms with Gasteiger partial charge in [0.2, 0.25) is 0 Å². The molecule has 0 atom stereocenters. The fraction of sp³-hybridized carbons (Fsp3) is 0.0667. The Morgan fingerprint density at radius 2 is 2.09 bits per heavy atom. The number of carbonyl (C=O) groups is 1. The predicted molar refractivity (Wildman–Crippen MR) is 85.8 cm³/mol. The second-order valence-electron chi connectivity index (χ2n) is 4.27. The number of aliphatic carboxylic acids is 1. The number of hydrogen-bond donors (Lipinski definition) is 3. The van der Waals surface area contributed by atoms with Gasteiger partial charge in [-0.05, 0) is 12.1 Å². The van der Waals surface area contributed by atoms with Crippen molar-refractivity contribution in [2.75, 3.05) is 12.8 Å². The Kier molecular flexibility index (Phi) is 5.24. The number of H-pyrrole nitrogens is 1. The number of carboxylic acid groups (broad SMARTS) is 1. The standard InChI is InChI=1S/C10H10O3.C5H5N5/c1-13-9-5-3-2-4-8(9)6-7-10(11)12;6-4-3-5(9-1-7-3)10-2-8-4/h2-7H,1H3,(H,11,12);1-2H,(H3,6,7,8,9,10). The molecule has 8 nitrogen and oxygen atoms in total. The number of benzene rings is 1. The van der Waals surface area contributed by atoms with E-state index in [2.05, 4.69) is 19.9 Å². The summed E-state index contributed by atoms with van der Waals surface area (Å²) in [6, 6.07) is 7.22. The first kappa shape index (κ1) is 16.0. The number of nitrogens with one attached hydrogen (secondary N) is 1. The summed E-state index contributed by atoms with van der Waals surface area (Å²) in [7, 11) is 1.55. The summed E-state index contributed by atoms with van der Waals surface area (Å²) >= 11 is 0. The molecule has 0 unspecified atom stereocenters. The summed E-state index contributed by atoms with van der Waals surface area (Å²) in [6.45, 7) is 0. The molecule has 0 bridgehead atoms. The third kappa shape index (κ3) is 4.27. The molecule has 0 spiro atoms. The molecule has 23 heavy (non-hydrogen) atoms. The molecule has 118 valence electrons. The maximum absolute atomic E-state index is 10.2. The number of anilines is 1. The quantitative estimate of drug-likeness (QED) is 0.628. The van der Waals surface area contributed by atoms with E-state index in [4.69, 9.17) is 15.6 Å². The minimum absolute atomic E-state index is 0.433. The molecule has 1 aromatic carbocycles. The molecule has 3 aromatic rings. The maximum atomic E-state index is 10.2. The van der Waals surface area contributed by atoms with E-state index in [0.717, 1.165) is 11.6 Å². The van der Waals surface area contributed by atoms with Crippen LogP contribution in [0.2, 0.25) is 0 Å². The van der Waals surface area contributed by atoms with Crippen LogP contribution in [0, 0.1) is 0 Å². The van der Waals surface area contributed by atoms with Crippen molar-refractivity contribution in [1.82, 2.24) is 19.9 Å². The smallest absolute Gasteiger partial charge is 0.328 e. The Labute approximate surface area is 131 Å². The highest BCUT2D eigenvalue weighted by Gasteiger charge is 1.99. The van der Waals surface area contributed by atoms with Crippen molar-refractivity contribution in [2.24, 2.45) is 0 Å². The zero-order chi connectivity index (χ0) is 16.7. The first-order valence-corrected chi connectivity index (χ1v) is 6.55. The van der Waals surface area contributed by atoms with E-state index >= 15 is 0 Å². The molecule has 0 aliphatic carbocycles. The fourth-order valence-corrected chi connectivity index (χ4v) is 1.75. The van der Waals surface area contributed by atoms with Gasteiger partial charge in [-0.1, -0.05) is 18.2 Å². The lowest BCUT2D eigenvalue weighted by atomic mass is 10.2. The molecule has 0 aliphatic rings. The molecular weight excluding hydrogens is 298 g/mol. The number of hydrogen-bond acceptors (Lipinski definition) is 6. The summed E-state index contributed by atoms with van der Waals surface area (Å²) < 4.78 is 5.03. The normalized spacial score (nSPS) is 10.3. The number of nitrogens with zero attached hydrogens (tertiary/aromatic N) is 3. The molecule has 0 saturated heterocycles. The van der Waals surface area contributed by atoms with Crippen molar-refractivity contribution in [3.63, 3.8) is 0 Å². The molecule has 2 heterocycles. The molecule has 0 radical (unpaired) electrons. The highest BCUT2D eigenvalue weighted by Crippen LogP contribution is 2.18. The van der Waals surface area contributed by atoms with Gasteiger partial charge in [-0.15, -0.1) is 0 Å². The molecule has 3 rings (SSSR count). The van der Waals surface area contributed by atoms with Crippen LogP contribution < -0.4 is 10.5 Å². The predicted octanol–water partition coefficient (Wildman–Crippen LogP) is 1.73. The van der Waals surface area contributed by atoms with Crippen LogP contribution in [0.3, 0.4) is 0 Å². The minimum Gasteiger partial charge on any atom is -0.496 e. The van der Waals surface area contributed by atoms with Crippen LogP contribution in [0.15, 0.2) is 43.0 Å². The van der Waals surface area contributed by atoms with Crippen molar-refractivity contribution < 1.29 is 14.6 Å². The van der Waals surface area contributed by atoms with Gasteiger partial charge in [0, 0.05) is 11.6 Å². The molecule has 4 N–H and O–H groups in total. The van der Waals surface area contributed by atoms with E-state index in [9.17, 15) is 4.79 Å². The topological polar surface area (TPSA) is 127 Å².